The second-order valence-corrected chi connectivity index (χ2v) is 4.69. The van der Waals surface area contributed by atoms with Crippen molar-refractivity contribution in [2.24, 2.45) is 0 Å². The molecule has 1 heterocycles. The molecule has 5 nitrogen and oxygen atoms in total. The summed E-state index contributed by atoms with van der Waals surface area (Å²) in [4.78, 5) is 18.6. The van der Waals surface area contributed by atoms with Crippen molar-refractivity contribution in [1.82, 2.24) is 15.3 Å². The molecule has 0 spiro atoms. The van der Waals surface area contributed by atoms with Crippen LogP contribution in [0.15, 0.2) is 30.7 Å². The number of aromatic amines is 1. The number of hydrogen-bond donors (Lipinski definition) is 2. The first-order valence-corrected chi connectivity index (χ1v) is 6.60. The lowest BCUT2D eigenvalue weighted by Crippen LogP contribution is -2.30. The minimum absolute atomic E-state index is 0.0364. The van der Waals surface area contributed by atoms with E-state index in [0.717, 1.165) is 29.0 Å². The van der Waals surface area contributed by atoms with Crippen LogP contribution >= 0.6 is 0 Å². The lowest BCUT2D eigenvalue weighted by molar-refractivity contribution is -0.123. The maximum absolute atomic E-state index is 11.7. The summed E-state index contributed by atoms with van der Waals surface area (Å²) in [5, 5.41) is 2.82. The first-order chi connectivity index (χ1) is 9.66. The number of hydrogen-bond acceptors (Lipinski definition) is 3. The second kappa shape index (κ2) is 6.75. The molecule has 0 radical (unpaired) electrons. The van der Waals surface area contributed by atoms with Gasteiger partial charge in [0.2, 0.25) is 0 Å². The molecule has 20 heavy (non-hydrogen) atoms. The van der Waals surface area contributed by atoms with Gasteiger partial charge in [-0.25, -0.2) is 4.98 Å². The molecule has 0 aliphatic rings. The molecule has 0 bridgehead atoms. The number of imidazole rings is 1. The van der Waals surface area contributed by atoms with Crippen molar-refractivity contribution in [1.29, 1.82) is 0 Å². The van der Waals surface area contributed by atoms with Gasteiger partial charge in [0.05, 0.1) is 6.33 Å². The van der Waals surface area contributed by atoms with E-state index in [0.29, 0.717) is 6.54 Å². The Hall–Kier alpha value is -2.30. The van der Waals surface area contributed by atoms with Crippen LogP contribution in [0.4, 0.5) is 0 Å². The number of aryl methyl sites for hydroxylation is 2. The number of carbonyl (C=O) groups excluding carboxylic acids is 1. The van der Waals surface area contributed by atoms with Crippen molar-refractivity contribution in [3.63, 3.8) is 0 Å². The van der Waals surface area contributed by atoms with E-state index in [1.807, 2.05) is 32.0 Å². The van der Waals surface area contributed by atoms with Crippen LogP contribution in [0, 0.1) is 13.8 Å². The molecule has 0 aliphatic heterocycles. The molecule has 2 aromatic rings. The molecule has 0 aliphatic carbocycles. The molecular weight excluding hydrogens is 254 g/mol. The molecular formula is C15H19N3O2. The summed E-state index contributed by atoms with van der Waals surface area (Å²) >= 11 is 0. The number of H-pyrrole nitrogens is 1. The zero-order valence-corrected chi connectivity index (χ0v) is 11.8. The van der Waals surface area contributed by atoms with Crippen molar-refractivity contribution in [3.8, 4) is 5.75 Å². The number of para-hydroxylation sites is 1. The van der Waals surface area contributed by atoms with E-state index < -0.39 is 0 Å². The standard InChI is InChI=1S/C15H19N3O2/c1-11-4-3-5-12(2)15(11)20-9-14(19)17-7-6-13-8-16-10-18-13/h3-5,8,10H,6-7,9H2,1-2H3,(H,16,18)(H,17,19). The number of rotatable bonds is 6. The maximum Gasteiger partial charge on any atom is 0.257 e. The van der Waals surface area contributed by atoms with Crippen LogP contribution < -0.4 is 10.1 Å². The highest BCUT2D eigenvalue weighted by Crippen LogP contribution is 2.21. The number of benzene rings is 1. The van der Waals surface area contributed by atoms with E-state index in [1.165, 1.54) is 0 Å². The predicted octanol–water partition coefficient (Wildman–Crippen LogP) is 1.76. The number of nitrogens with zero attached hydrogens (tertiary/aromatic N) is 1. The summed E-state index contributed by atoms with van der Waals surface area (Å²) in [6, 6.07) is 5.92. The van der Waals surface area contributed by atoms with Gasteiger partial charge < -0.3 is 15.0 Å². The normalized spacial score (nSPS) is 10.3. The number of carbonyl (C=O) groups is 1. The summed E-state index contributed by atoms with van der Waals surface area (Å²) in [6.45, 7) is 4.54. The molecule has 0 saturated heterocycles. The van der Waals surface area contributed by atoms with Gasteiger partial charge in [-0.05, 0) is 25.0 Å². The largest absolute Gasteiger partial charge is 0.483 e. The van der Waals surface area contributed by atoms with E-state index >= 15 is 0 Å². The number of aromatic nitrogens is 2. The zero-order valence-electron chi connectivity index (χ0n) is 11.8. The van der Waals surface area contributed by atoms with Crippen LogP contribution in [0.25, 0.3) is 0 Å². The highest BCUT2D eigenvalue weighted by molar-refractivity contribution is 5.77. The Kier molecular flexibility index (Phi) is 4.76. The van der Waals surface area contributed by atoms with E-state index in [1.54, 1.807) is 12.5 Å². The molecule has 106 valence electrons. The van der Waals surface area contributed by atoms with E-state index in [-0.39, 0.29) is 12.5 Å². The van der Waals surface area contributed by atoms with Gasteiger partial charge >= 0.3 is 0 Å². The van der Waals surface area contributed by atoms with Gasteiger partial charge in [0.25, 0.3) is 5.91 Å². The van der Waals surface area contributed by atoms with Crippen LogP contribution in [0.1, 0.15) is 16.8 Å². The Morgan fingerprint density at radius 3 is 2.75 bits per heavy atom. The van der Waals surface area contributed by atoms with Gasteiger partial charge in [-0.1, -0.05) is 18.2 Å². The van der Waals surface area contributed by atoms with Crippen LogP contribution in [0.3, 0.4) is 0 Å². The molecule has 2 N–H and O–H groups in total. The number of ether oxygens (including phenoxy) is 1. The Morgan fingerprint density at radius 1 is 1.35 bits per heavy atom. The van der Waals surface area contributed by atoms with E-state index in [9.17, 15) is 4.79 Å². The molecule has 2 rings (SSSR count). The molecule has 5 heteroatoms. The van der Waals surface area contributed by atoms with Gasteiger partial charge in [0.1, 0.15) is 5.75 Å². The molecule has 1 aromatic heterocycles. The first kappa shape index (κ1) is 14.1. The Labute approximate surface area is 118 Å². The van der Waals surface area contributed by atoms with Crippen molar-refractivity contribution >= 4 is 5.91 Å². The quantitative estimate of drug-likeness (QED) is 0.843. The van der Waals surface area contributed by atoms with E-state index in [4.69, 9.17) is 4.74 Å². The average molecular weight is 273 g/mol. The van der Waals surface area contributed by atoms with Gasteiger partial charge in [0, 0.05) is 24.9 Å². The maximum atomic E-state index is 11.7. The zero-order chi connectivity index (χ0) is 14.4. The fraction of sp³-hybridized carbons (Fsp3) is 0.333. The van der Waals surface area contributed by atoms with Crippen molar-refractivity contribution in [3.05, 3.63) is 47.5 Å². The first-order valence-electron chi connectivity index (χ1n) is 6.60. The van der Waals surface area contributed by atoms with Gasteiger partial charge in [0.15, 0.2) is 6.61 Å². The van der Waals surface area contributed by atoms with Crippen molar-refractivity contribution in [2.75, 3.05) is 13.2 Å². The Morgan fingerprint density at radius 2 is 2.10 bits per heavy atom. The van der Waals surface area contributed by atoms with E-state index in [2.05, 4.69) is 15.3 Å². The topological polar surface area (TPSA) is 67.0 Å². The summed E-state index contributed by atoms with van der Waals surface area (Å²) in [5.74, 6) is 0.670. The molecule has 1 aromatic carbocycles. The smallest absolute Gasteiger partial charge is 0.257 e. The monoisotopic (exact) mass is 273 g/mol. The second-order valence-electron chi connectivity index (χ2n) is 4.69. The highest BCUT2D eigenvalue weighted by Gasteiger charge is 2.06. The molecule has 1 amide bonds. The highest BCUT2D eigenvalue weighted by atomic mass is 16.5. The summed E-state index contributed by atoms with van der Waals surface area (Å²) in [5.41, 5.74) is 3.08. The van der Waals surface area contributed by atoms with Crippen LogP contribution in [0.5, 0.6) is 5.75 Å². The average Bonchev–Trinajstić information content (AvgIpc) is 2.91. The van der Waals surface area contributed by atoms with Crippen molar-refractivity contribution in [2.45, 2.75) is 20.3 Å². The third kappa shape index (κ3) is 3.85. The SMILES string of the molecule is Cc1cccc(C)c1OCC(=O)NCCc1cnc[nH]1. The molecule has 0 fully saturated rings. The fourth-order valence-electron chi connectivity index (χ4n) is 1.97. The lowest BCUT2D eigenvalue weighted by Gasteiger charge is -2.11. The Balaban J connectivity index is 1.75. The molecule has 0 unspecified atom stereocenters. The van der Waals surface area contributed by atoms with Crippen LogP contribution in [0.2, 0.25) is 0 Å². The fourth-order valence-corrected chi connectivity index (χ4v) is 1.97. The third-order valence-electron chi connectivity index (χ3n) is 3.03. The summed E-state index contributed by atoms with van der Waals surface area (Å²) in [6.07, 6.45) is 4.11. The molecule has 0 saturated carbocycles. The third-order valence-corrected chi connectivity index (χ3v) is 3.03. The molecule has 0 atom stereocenters. The van der Waals surface area contributed by atoms with Gasteiger partial charge in [-0.15, -0.1) is 0 Å². The number of amides is 1. The number of nitrogens with one attached hydrogen (secondary N) is 2. The summed E-state index contributed by atoms with van der Waals surface area (Å²) < 4.78 is 5.58. The van der Waals surface area contributed by atoms with Crippen LogP contribution in [-0.2, 0) is 11.2 Å². The van der Waals surface area contributed by atoms with Crippen LogP contribution in [-0.4, -0.2) is 29.0 Å². The van der Waals surface area contributed by atoms with Gasteiger partial charge in [-0.3, -0.25) is 4.79 Å². The predicted molar refractivity (Wildman–Crippen MR) is 76.7 cm³/mol. The van der Waals surface area contributed by atoms with Crippen molar-refractivity contribution < 1.29 is 9.53 Å². The lowest BCUT2D eigenvalue weighted by atomic mass is 10.1. The Bertz CT molecular complexity index is 544. The van der Waals surface area contributed by atoms with Gasteiger partial charge in [-0.2, -0.15) is 0 Å². The minimum atomic E-state index is -0.118. The minimum Gasteiger partial charge on any atom is -0.483 e. The summed E-state index contributed by atoms with van der Waals surface area (Å²) in [7, 11) is 0.